The minimum Gasteiger partial charge on any atom is -0.360 e. The van der Waals surface area contributed by atoms with Crippen LogP contribution in [0.3, 0.4) is 0 Å². The molecule has 3 nitrogen and oxygen atoms in total. The van der Waals surface area contributed by atoms with E-state index in [9.17, 15) is 4.39 Å². The van der Waals surface area contributed by atoms with E-state index in [0.29, 0.717) is 11.6 Å². The molecule has 0 saturated heterocycles. The van der Waals surface area contributed by atoms with Crippen LogP contribution in [0, 0.1) is 5.82 Å². The highest BCUT2D eigenvalue weighted by Gasteiger charge is 2.32. The van der Waals surface area contributed by atoms with Gasteiger partial charge in [0, 0.05) is 36.6 Å². The molecule has 1 aromatic heterocycles. The molecule has 1 aliphatic carbocycles. The van der Waals surface area contributed by atoms with Gasteiger partial charge in [-0.15, -0.1) is 0 Å². The fourth-order valence-corrected chi connectivity index (χ4v) is 4.49. The molecule has 1 atom stereocenters. The van der Waals surface area contributed by atoms with Gasteiger partial charge < -0.3 is 14.8 Å². The number of aromatic nitrogens is 1. The second kappa shape index (κ2) is 7.16. The zero-order valence-corrected chi connectivity index (χ0v) is 15.1. The van der Waals surface area contributed by atoms with E-state index >= 15 is 0 Å². The Balaban J connectivity index is 1.64. The number of rotatable bonds is 2. The Labute approximate surface area is 153 Å². The molecule has 1 aromatic carbocycles. The summed E-state index contributed by atoms with van der Waals surface area (Å²) in [5.74, 6) is -0.174. The average molecular weight is 357 g/mol. The molecule has 0 amide bonds. The first-order valence-corrected chi connectivity index (χ1v) is 9.61. The van der Waals surface area contributed by atoms with E-state index in [0.717, 1.165) is 23.9 Å². The van der Waals surface area contributed by atoms with Crippen LogP contribution >= 0.6 is 12.2 Å². The monoisotopic (exact) mass is 357 g/mol. The first-order chi connectivity index (χ1) is 12.2. The predicted molar refractivity (Wildman–Crippen MR) is 102 cm³/mol. The normalized spacial score (nSPS) is 21.0. The highest BCUT2D eigenvalue weighted by atomic mass is 32.1. The molecule has 5 heteroatoms. The van der Waals surface area contributed by atoms with Crippen LogP contribution in [0.5, 0.6) is 0 Å². The first kappa shape index (κ1) is 16.6. The number of hydrogen-bond acceptors (Lipinski definition) is 1. The average Bonchev–Trinajstić information content (AvgIpc) is 3.11. The summed E-state index contributed by atoms with van der Waals surface area (Å²) in [5.41, 5.74) is 1.79. The zero-order chi connectivity index (χ0) is 17.2. The molecular weight excluding hydrogens is 333 g/mol. The minimum absolute atomic E-state index is 0.173. The molecule has 4 rings (SSSR count). The van der Waals surface area contributed by atoms with Crippen molar-refractivity contribution in [1.82, 2.24) is 14.8 Å². The standard InChI is InChI=1S/C20H24FN3S/c21-17-10-5-4-9-16(17)19-18-11-6-12-23(18)13-14-24(19)20(25)22-15-7-2-1-3-8-15/h4-6,9-12,15,19H,1-3,7-8,13-14H2,(H,22,25)/t19-/m1/s1. The molecule has 1 N–H and O–H groups in total. The van der Waals surface area contributed by atoms with E-state index < -0.39 is 0 Å². The van der Waals surface area contributed by atoms with Crippen LogP contribution in [0.1, 0.15) is 49.4 Å². The Kier molecular flexibility index (Phi) is 4.75. The second-order valence-corrected chi connectivity index (χ2v) is 7.42. The Morgan fingerprint density at radius 1 is 1.04 bits per heavy atom. The van der Waals surface area contributed by atoms with Gasteiger partial charge in [-0.05, 0) is 43.3 Å². The number of fused-ring (bicyclic) bond motifs is 1. The number of benzene rings is 1. The number of nitrogens with zero attached hydrogens (tertiary/aromatic N) is 2. The second-order valence-electron chi connectivity index (χ2n) is 7.03. The zero-order valence-electron chi connectivity index (χ0n) is 14.3. The van der Waals surface area contributed by atoms with Gasteiger partial charge in [-0.3, -0.25) is 0 Å². The molecule has 1 saturated carbocycles. The lowest BCUT2D eigenvalue weighted by Crippen LogP contribution is -2.50. The van der Waals surface area contributed by atoms with Gasteiger partial charge in [-0.2, -0.15) is 0 Å². The molecule has 1 aliphatic heterocycles. The van der Waals surface area contributed by atoms with E-state index in [1.165, 1.54) is 38.2 Å². The van der Waals surface area contributed by atoms with Crippen molar-refractivity contribution in [2.24, 2.45) is 0 Å². The van der Waals surface area contributed by atoms with Gasteiger partial charge in [0.1, 0.15) is 5.82 Å². The molecule has 2 aromatic rings. The van der Waals surface area contributed by atoms with Crippen LogP contribution in [0.4, 0.5) is 4.39 Å². The van der Waals surface area contributed by atoms with Crippen LogP contribution in [0.15, 0.2) is 42.6 Å². The third kappa shape index (κ3) is 3.30. The van der Waals surface area contributed by atoms with E-state index in [1.54, 1.807) is 6.07 Å². The van der Waals surface area contributed by atoms with Gasteiger partial charge in [0.15, 0.2) is 5.11 Å². The number of thiocarbonyl (C=S) groups is 1. The van der Waals surface area contributed by atoms with Gasteiger partial charge in [0.05, 0.1) is 6.04 Å². The fourth-order valence-electron chi connectivity index (χ4n) is 4.13. The SMILES string of the molecule is Fc1ccccc1[C@@H]1c2cccn2CCN1C(=S)NC1CCCCC1. The van der Waals surface area contributed by atoms with Crippen LogP contribution in [-0.2, 0) is 6.54 Å². The number of hydrogen-bond donors (Lipinski definition) is 1. The van der Waals surface area contributed by atoms with Gasteiger partial charge in [0.2, 0.25) is 0 Å². The molecule has 132 valence electrons. The van der Waals surface area contributed by atoms with E-state index in [1.807, 2.05) is 18.2 Å². The molecule has 0 unspecified atom stereocenters. The maximum absolute atomic E-state index is 14.6. The smallest absolute Gasteiger partial charge is 0.170 e. The fraction of sp³-hybridized carbons (Fsp3) is 0.450. The summed E-state index contributed by atoms with van der Waals surface area (Å²) in [6.07, 6.45) is 8.27. The predicted octanol–water partition coefficient (Wildman–Crippen LogP) is 4.24. The Hall–Kier alpha value is -1.88. The molecule has 0 bridgehead atoms. The van der Waals surface area contributed by atoms with Crippen molar-refractivity contribution >= 4 is 17.3 Å². The van der Waals surface area contributed by atoms with E-state index in [2.05, 4.69) is 27.0 Å². The largest absolute Gasteiger partial charge is 0.360 e. The van der Waals surface area contributed by atoms with Crippen molar-refractivity contribution in [3.63, 3.8) is 0 Å². The van der Waals surface area contributed by atoms with Gasteiger partial charge >= 0.3 is 0 Å². The topological polar surface area (TPSA) is 20.2 Å². The summed E-state index contributed by atoms with van der Waals surface area (Å²) in [4.78, 5) is 2.16. The van der Waals surface area contributed by atoms with Crippen molar-refractivity contribution in [3.05, 3.63) is 59.7 Å². The molecule has 2 aliphatic rings. The summed E-state index contributed by atoms with van der Waals surface area (Å²) in [6, 6.07) is 11.4. The molecule has 0 spiro atoms. The minimum atomic E-state index is -0.174. The Bertz CT molecular complexity index is 751. The van der Waals surface area contributed by atoms with E-state index in [-0.39, 0.29) is 11.9 Å². The van der Waals surface area contributed by atoms with Crippen LogP contribution in [0.2, 0.25) is 0 Å². The highest BCUT2D eigenvalue weighted by molar-refractivity contribution is 7.80. The van der Waals surface area contributed by atoms with Gasteiger partial charge in [-0.1, -0.05) is 37.5 Å². The van der Waals surface area contributed by atoms with Crippen LogP contribution in [0.25, 0.3) is 0 Å². The van der Waals surface area contributed by atoms with Crippen molar-refractivity contribution in [2.75, 3.05) is 6.54 Å². The maximum atomic E-state index is 14.6. The Morgan fingerprint density at radius 2 is 1.84 bits per heavy atom. The van der Waals surface area contributed by atoms with Crippen molar-refractivity contribution in [1.29, 1.82) is 0 Å². The number of nitrogens with one attached hydrogen (secondary N) is 1. The molecule has 25 heavy (non-hydrogen) atoms. The lowest BCUT2D eigenvalue weighted by atomic mass is 9.95. The van der Waals surface area contributed by atoms with Crippen molar-refractivity contribution < 1.29 is 4.39 Å². The molecular formula is C20H24FN3S. The van der Waals surface area contributed by atoms with Crippen LogP contribution < -0.4 is 5.32 Å². The summed E-state index contributed by atoms with van der Waals surface area (Å²) in [7, 11) is 0. The summed E-state index contributed by atoms with van der Waals surface area (Å²) >= 11 is 5.76. The van der Waals surface area contributed by atoms with Crippen molar-refractivity contribution in [3.8, 4) is 0 Å². The summed E-state index contributed by atoms with van der Waals surface area (Å²) < 4.78 is 16.8. The summed E-state index contributed by atoms with van der Waals surface area (Å²) in [5, 5.41) is 4.31. The number of halogens is 1. The lowest BCUT2D eigenvalue weighted by molar-refractivity contribution is 0.273. The molecule has 0 radical (unpaired) electrons. The van der Waals surface area contributed by atoms with E-state index in [4.69, 9.17) is 12.2 Å². The van der Waals surface area contributed by atoms with Gasteiger partial charge in [-0.25, -0.2) is 4.39 Å². The third-order valence-electron chi connectivity index (χ3n) is 5.43. The third-order valence-corrected chi connectivity index (χ3v) is 5.78. The summed E-state index contributed by atoms with van der Waals surface area (Å²) in [6.45, 7) is 1.67. The van der Waals surface area contributed by atoms with Crippen LogP contribution in [-0.4, -0.2) is 27.2 Å². The lowest BCUT2D eigenvalue weighted by Gasteiger charge is -2.40. The molecule has 2 heterocycles. The first-order valence-electron chi connectivity index (χ1n) is 9.20. The molecule has 1 fully saturated rings. The quantitative estimate of drug-likeness (QED) is 0.812. The highest BCUT2D eigenvalue weighted by Crippen LogP contribution is 2.34. The van der Waals surface area contributed by atoms with Gasteiger partial charge in [0.25, 0.3) is 0 Å². The van der Waals surface area contributed by atoms with Crippen molar-refractivity contribution in [2.45, 2.75) is 50.7 Å². The maximum Gasteiger partial charge on any atom is 0.170 e. The Morgan fingerprint density at radius 3 is 2.64 bits per heavy atom.